The van der Waals surface area contributed by atoms with Crippen LogP contribution in [0.15, 0.2) is 12.2 Å². The molecule has 0 spiro atoms. The van der Waals surface area contributed by atoms with Crippen LogP contribution in [0.3, 0.4) is 0 Å². The molecule has 0 heterocycles. The van der Waals surface area contributed by atoms with Gasteiger partial charge in [-0.1, -0.05) is 231 Å². The Labute approximate surface area is 337 Å². The molecule has 0 saturated carbocycles. The molecule has 0 rings (SSSR count). The summed E-state index contributed by atoms with van der Waals surface area (Å²) in [5.41, 5.74) is 0. The lowest BCUT2D eigenvalue weighted by molar-refractivity contribution is -0.161. The normalized spacial score (nSPS) is 12.1. The highest BCUT2D eigenvalue weighted by Gasteiger charge is 2.16. The average Bonchev–Trinajstić information content (AvgIpc) is 3.17. The quantitative estimate of drug-likeness (QED) is 0.0380. The molecule has 0 aliphatic rings. The Morgan fingerprint density at radius 3 is 1.00 bits per heavy atom. The van der Waals surface area contributed by atoms with Gasteiger partial charge < -0.3 is 14.6 Å². The largest absolute Gasteiger partial charge is 0.462 e. The highest BCUT2D eigenvalue weighted by atomic mass is 16.6. The van der Waals surface area contributed by atoms with Crippen molar-refractivity contribution in [3.05, 3.63) is 12.2 Å². The predicted molar refractivity (Wildman–Crippen MR) is 233 cm³/mol. The Morgan fingerprint density at radius 1 is 0.407 bits per heavy atom. The van der Waals surface area contributed by atoms with Crippen molar-refractivity contribution in [2.24, 2.45) is 0 Å². The predicted octanol–water partition coefficient (Wildman–Crippen LogP) is 15.6. The molecule has 0 fully saturated rings. The van der Waals surface area contributed by atoms with Gasteiger partial charge in [0.25, 0.3) is 0 Å². The van der Waals surface area contributed by atoms with Gasteiger partial charge >= 0.3 is 11.9 Å². The molecule has 1 unspecified atom stereocenters. The molecule has 0 radical (unpaired) electrons. The maximum absolute atomic E-state index is 12.2. The molecule has 0 aromatic rings. The Bertz CT molecular complexity index is 780. The van der Waals surface area contributed by atoms with Gasteiger partial charge in [-0.15, -0.1) is 0 Å². The zero-order valence-corrected chi connectivity index (χ0v) is 36.5. The van der Waals surface area contributed by atoms with Crippen LogP contribution in [0.2, 0.25) is 0 Å². The first-order valence-electron chi connectivity index (χ1n) is 24.2. The van der Waals surface area contributed by atoms with E-state index in [1.165, 1.54) is 212 Å². The minimum atomic E-state index is -0.766. The zero-order valence-electron chi connectivity index (χ0n) is 36.5. The summed E-state index contributed by atoms with van der Waals surface area (Å²) < 4.78 is 10.7. The summed E-state index contributed by atoms with van der Waals surface area (Å²) in [5, 5.41) is 9.61. The van der Waals surface area contributed by atoms with Crippen LogP contribution in [0, 0.1) is 0 Å². The van der Waals surface area contributed by atoms with Crippen LogP contribution in [0.1, 0.15) is 271 Å². The van der Waals surface area contributed by atoms with E-state index in [1.807, 2.05) is 0 Å². The van der Waals surface area contributed by atoms with Crippen LogP contribution in [0.5, 0.6) is 0 Å². The van der Waals surface area contributed by atoms with Gasteiger partial charge in [-0.05, 0) is 38.5 Å². The number of carbonyl (C=O) groups is 2. The van der Waals surface area contributed by atoms with E-state index in [0.29, 0.717) is 12.8 Å². The van der Waals surface area contributed by atoms with Crippen LogP contribution in [-0.2, 0) is 19.1 Å². The maximum atomic E-state index is 12.2. The number of hydrogen-bond donors (Lipinski definition) is 1. The smallest absolute Gasteiger partial charge is 0.306 e. The van der Waals surface area contributed by atoms with Crippen molar-refractivity contribution in [2.45, 2.75) is 277 Å². The third kappa shape index (κ3) is 43.4. The lowest BCUT2D eigenvalue weighted by atomic mass is 10.0. The van der Waals surface area contributed by atoms with Gasteiger partial charge in [0.05, 0.1) is 6.61 Å². The van der Waals surface area contributed by atoms with Crippen molar-refractivity contribution in [3.63, 3.8) is 0 Å². The molecule has 0 amide bonds. The van der Waals surface area contributed by atoms with E-state index in [9.17, 15) is 14.7 Å². The molecule has 320 valence electrons. The molecule has 1 atom stereocenters. The number of unbranched alkanes of at least 4 members (excludes halogenated alkanes) is 35. The molecular weight excluding hydrogens is 669 g/mol. The number of rotatable bonds is 45. The van der Waals surface area contributed by atoms with Gasteiger partial charge in [-0.3, -0.25) is 9.59 Å². The third-order valence-electron chi connectivity index (χ3n) is 11.1. The summed E-state index contributed by atoms with van der Waals surface area (Å²) in [5.74, 6) is -0.574. The highest BCUT2D eigenvalue weighted by Crippen LogP contribution is 2.16. The van der Waals surface area contributed by atoms with E-state index in [0.717, 1.165) is 32.1 Å². The summed E-state index contributed by atoms with van der Waals surface area (Å²) >= 11 is 0. The Hall–Kier alpha value is -1.36. The van der Waals surface area contributed by atoms with Gasteiger partial charge in [0.15, 0.2) is 6.10 Å². The van der Waals surface area contributed by atoms with E-state index in [4.69, 9.17) is 9.47 Å². The zero-order chi connectivity index (χ0) is 39.3. The van der Waals surface area contributed by atoms with Gasteiger partial charge in [-0.25, -0.2) is 0 Å². The minimum Gasteiger partial charge on any atom is -0.462 e. The van der Waals surface area contributed by atoms with Crippen molar-refractivity contribution in [3.8, 4) is 0 Å². The lowest BCUT2D eigenvalue weighted by Gasteiger charge is -2.15. The van der Waals surface area contributed by atoms with Crippen molar-refractivity contribution >= 4 is 11.9 Å². The summed E-state index contributed by atoms with van der Waals surface area (Å²) in [7, 11) is 0. The molecular formula is C49H94O5. The maximum Gasteiger partial charge on any atom is 0.306 e. The molecule has 1 N–H and O–H groups in total. The Balaban J connectivity index is 3.46. The van der Waals surface area contributed by atoms with Crippen LogP contribution < -0.4 is 0 Å². The fourth-order valence-electron chi connectivity index (χ4n) is 7.38. The van der Waals surface area contributed by atoms with Crippen LogP contribution in [0.25, 0.3) is 0 Å². The second-order valence-electron chi connectivity index (χ2n) is 16.5. The molecule has 0 aromatic carbocycles. The first-order chi connectivity index (χ1) is 26.6. The van der Waals surface area contributed by atoms with Crippen LogP contribution >= 0.6 is 0 Å². The van der Waals surface area contributed by atoms with Crippen molar-refractivity contribution < 1.29 is 24.2 Å². The number of aliphatic hydroxyl groups excluding tert-OH is 1. The van der Waals surface area contributed by atoms with E-state index in [1.54, 1.807) is 0 Å². The number of esters is 2. The summed E-state index contributed by atoms with van der Waals surface area (Å²) in [6.07, 6.45) is 54.4. The van der Waals surface area contributed by atoms with Crippen molar-refractivity contribution in [1.29, 1.82) is 0 Å². The molecule has 0 aliphatic heterocycles. The van der Waals surface area contributed by atoms with E-state index in [2.05, 4.69) is 26.0 Å². The number of allylic oxidation sites excluding steroid dienone is 2. The van der Waals surface area contributed by atoms with E-state index >= 15 is 0 Å². The summed E-state index contributed by atoms with van der Waals surface area (Å²) in [4.78, 5) is 24.4. The number of ether oxygens (including phenoxy) is 2. The first kappa shape index (κ1) is 52.6. The lowest BCUT2D eigenvalue weighted by Crippen LogP contribution is -2.28. The third-order valence-corrected chi connectivity index (χ3v) is 11.1. The van der Waals surface area contributed by atoms with E-state index < -0.39 is 6.10 Å². The number of carbonyl (C=O) groups excluding carboxylic acids is 2. The van der Waals surface area contributed by atoms with Crippen molar-refractivity contribution in [2.75, 3.05) is 13.2 Å². The molecule has 0 aromatic heterocycles. The molecule has 0 aliphatic carbocycles. The second kappa shape index (κ2) is 46.0. The van der Waals surface area contributed by atoms with Crippen LogP contribution in [-0.4, -0.2) is 36.4 Å². The number of hydrogen-bond acceptors (Lipinski definition) is 5. The summed E-state index contributed by atoms with van der Waals surface area (Å²) in [6, 6.07) is 0. The molecule has 5 nitrogen and oxygen atoms in total. The Morgan fingerprint density at radius 2 is 0.685 bits per heavy atom. The fraction of sp³-hybridized carbons (Fsp3) is 0.918. The van der Waals surface area contributed by atoms with E-state index in [-0.39, 0.29) is 25.2 Å². The highest BCUT2D eigenvalue weighted by molar-refractivity contribution is 5.70. The van der Waals surface area contributed by atoms with Gasteiger partial charge in [0, 0.05) is 12.8 Å². The van der Waals surface area contributed by atoms with Crippen LogP contribution in [0.4, 0.5) is 0 Å². The summed E-state index contributed by atoms with van der Waals surface area (Å²) in [6.45, 7) is 4.18. The monoisotopic (exact) mass is 763 g/mol. The van der Waals surface area contributed by atoms with Crippen molar-refractivity contribution in [1.82, 2.24) is 0 Å². The Kier molecular flexibility index (Phi) is 44.9. The number of aliphatic hydroxyl groups is 1. The molecule has 0 bridgehead atoms. The van der Waals surface area contributed by atoms with Gasteiger partial charge in [0.2, 0.25) is 0 Å². The standard InChI is InChI=1S/C49H94O5/c1-3-5-7-9-11-13-15-17-19-21-23-24-26-28-30-32-34-36-38-40-42-44-49(52)54-47(45-50)46-53-48(51)43-41-39-37-35-33-31-29-27-25-22-20-18-16-14-12-10-8-6-4-2/h17,19,47,50H,3-16,18,20-46H2,1-2H3. The molecule has 0 saturated heterocycles. The fourth-order valence-corrected chi connectivity index (χ4v) is 7.38. The first-order valence-corrected chi connectivity index (χ1v) is 24.2. The molecule has 54 heavy (non-hydrogen) atoms. The van der Waals surface area contributed by atoms with Gasteiger partial charge in [0.1, 0.15) is 6.61 Å². The van der Waals surface area contributed by atoms with Gasteiger partial charge in [-0.2, -0.15) is 0 Å². The SMILES string of the molecule is CCCCCCCCC=CCCCCCCCCCCCCCC(=O)OC(CO)COC(=O)CCCCCCCCCCCCCCCCCCCCC. The topological polar surface area (TPSA) is 72.8 Å². The second-order valence-corrected chi connectivity index (χ2v) is 16.5. The average molecular weight is 763 g/mol. The molecule has 5 heteroatoms. The minimum absolute atomic E-state index is 0.0590.